The minimum atomic E-state index is -0.680. The van der Waals surface area contributed by atoms with Gasteiger partial charge in [0.1, 0.15) is 0 Å². The van der Waals surface area contributed by atoms with Crippen LogP contribution in [0.3, 0.4) is 0 Å². The highest BCUT2D eigenvalue weighted by atomic mass is 16.3. The van der Waals surface area contributed by atoms with Crippen LogP contribution in [0, 0.1) is 5.92 Å². The highest BCUT2D eigenvalue weighted by molar-refractivity contribution is 5.78. The Morgan fingerprint density at radius 1 is 1.25 bits per heavy atom. The van der Waals surface area contributed by atoms with Crippen molar-refractivity contribution in [3.8, 4) is 0 Å². The van der Waals surface area contributed by atoms with Crippen molar-refractivity contribution < 1.29 is 5.11 Å². The van der Waals surface area contributed by atoms with Gasteiger partial charge in [0.2, 0.25) is 0 Å². The van der Waals surface area contributed by atoms with Gasteiger partial charge in [0.15, 0.2) is 0 Å². The second kappa shape index (κ2) is 5.53. The number of para-hydroxylation sites is 1. The molecule has 1 N–H and O–H groups in total. The molecule has 2 aromatic rings. The molecule has 0 radical (unpaired) electrons. The molecule has 2 heteroatoms. The average Bonchev–Trinajstić information content (AvgIpc) is 2.69. The fourth-order valence-electron chi connectivity index (χ4n) is 3.42. The number of hydrogen-bond donors (Lipinski definition) is 1. The molecule has 0 saturated heterocycles. The summed E-state index contributed by atoms with van der Waals surface area (Å²) in [7, 11) is 0. The summed E-state index contributed by atoms with van der Waals surface area (Å²) in [5, 5.41) is 12.2. The number of pyridine rings is 1. The Morgan fingerprint density at radius 2 is 2.10 bits per heavy atom. The van der Waals surface area contributed by atoms with E-state index in [4.69, 9.17) is 0 Å². The van der Waals surface area contributed by atoms with Gasteiger partial charge in [-0.25, -0.2) is 0 Å². The molecule has 1 aliphatic rings. The van der Waals surface area contributed by atoms with Crippen molar-refractivity contribution >= 4 is 10.9 Å². The fraction of sp³-hybridized carbons (Fsp3) is 0.500. The van der Waals surface area contributed by atoms with Gasteiger partial charge in [0.05, 0.1) is 11.1 Å². The lowest BCUT2D eigenvalue weighted by Gasteiger charge is -2.27. The molecule has 3 rings (SSSR count). The summed E-state index contributed by atoms with van der Waals surface area (Å²) in [4.78, 5) is 4.51. The molecule has 2 atom stereocenters. The Balaban J connectivity index is 1.92. The molecular weight excluding hydrogens is 246 g/mol. The molecule has 20 heavy (non-hydrogen) atoms. The Bertz CT molecular complexity index is 595. The van der Waals surface area contributed by atoms with Crippen LogP contribution >= 0.6 is 0 Å². The number of nitrogens with zero attached hydrogens (tertiary/aromatic N) is 1. The Morgan fingerprint density at radius 3 is 2.95 bits per heavy atom. The lowest BCUT2D eigenvalue weighted by Crippen LogP contribution is -2.25. The SMILES string of the molecule is CCC1CCCC(O)(c2cnc3ccccc3c2)CC1. The molecule has 1 saturated carbocycles. The topological polar surface area (TPSA) is 33.1 Å². The summed E-state index contributed by atoms with van der Waals surface area (Å²) in [5.74, 6) is 0.775. The number of aliphatic hydroxyl groups is 1. The molecule has 1 aliphatic carbocycles. The summed E-state index contributed by atoms with van der Waals surface area (Å²) in [6.07, 6.45) is 8.32. The van der Waals surface area contributed by atoms with Crippen LogP contribution in [-0.2, 0) is 5.60 Å². The standard InChI is InChI=1S/C18H23NO/c1-2-14-6-5-10-18(20,11-9-14)16-12-15-7-3-4-8-17(15)19-13-16/h3-4,7-8,12-14,20H,2,5-6,9-11H2,1H3. The third kappa shape index (κ3) is 2.57. The third-order valence-electron chi connectivity index (χ3n) is 4.87. The van der Waals surface area contributed by atoms with Crippen molar-refractivity contribution in [2.24, 2.45) is 5.92 Å². The van der Waals surface area contributed by atoms with Gasteiger partial charge < -0.3 is 5.11 Å². The van der Waals surface area contributed by atoms with Gasteiger partial charge in [-0.1, -0.05) is 38.0 Å². The minimum absolute atomic E-state index is 0.680. The number of benzene rings is 1. The van der Waals surface area contributed by atoms with E-state index in [9.17, 15) is 5.11 Å². The quantitative estimate of drug-likeness (QED) is 0.819. The van der Waals surface area contributed by atoms with Crippen molar-refractivity contribution in [2.75, 3.05) is 0 Å². The lowest BCUT2D eigenvalue weighted by atomic mass is 9.86. The largest absolute Gasteiger partial charge is 0.385 e. The van der Waals surface area contributed by atoms with Gasteiger partial charge in [-0.2, -0.15) is 0 Å². The Labute approximate surface area is 120 Å². The summed E-state index contributed by atoms with van der Waals surface area (Å²) in [5.41, 5.74) is 1.31. The zero-order valence-electron chi connectivity index (χ0n) is 12.2. The molecule has 1 fully saturated rings. The van der Waals surface area contributed by atoms with Crippen LogP contribution in [0.5, 0.6) is 0 Å². The van der Waals surface area contributed by atoms with Crippen LogP contribution in [0.4, 0.5) is 0 Å². The normalized spacial score (nSPS) is 27.4. The Kier molecular flexibility index (Phi) is 3.75. The molecule has 1 aromatic heterocycles. The fourth-order valence-corrected chi connectivity index (χ4v) is 3.42. The second-order valence-electron chi connectivity index (χ2n) is 6.15. The van der Waals surface area contributed by atoms with Crippen LogP contribution in [0.15, 0.2) is 36.5 Å². The van der Waals surface area contributed by atoms with E-state index in [-0.39, 0.29) is 0 Å². The smallest absolute Gasteiger partial charge is 0.0911 e. The maximum absolute atomic E-state index is 11.1. The molecular formula is C18H23NO. The van der Waals surface area contributed by atoms with Gasteiger partial charge in [0, 0.05) is 17.1 Å². The highest BCUT2D eigenvalue weighted by Crippen LogP contribution is 2.39. The highest BCUT2D eigenvalue weighted by Gasteiger charge is 2.32. The van der Waals surface area contributed by atoms with Gasteiger partial charge >= 0.3 is 0 Å². The third-order valence-corrected chi connectivity index (χ3v) is 4.87. The van der Waals surface area contributed by atoms with Crippen molar-refractivity contribution in [1.29, 1.82) is 0 Å². The van der Waals surface area contributed by atoms with E-state index < -0.39 is 5.60 Å². The monoisotopic (exact) mass is 269 g/mol. The first-order valence-electron chi connectivity index (χ1n) is 7.79. The zero-order valence-corrected chi connectivity index (χ0v) is 12.2. The summed E-state index contributed by atoms with van der Waals surface area (Å²) in [6, 6.07) is 10.2. The summed E-state index contributed by atoms with van der Waals surface area (Å²) in [6.45, 7) is 2.26. The first-order valence-corrected chi connectivity index (χ1v) is 7.79. The van der Waals surface area contributed by atoms with Crippen molar-refractivity contribution in [3.63, 3.8) is 0 Å². The number of hydrogen-bond acceptors (Lipinski definition) is 2. The molecule has 106 valence electrons. The number of rotatable bonds is 2. The van der Waals surface area contributed by atoms with Crippen molar-refractivity contribution in [2.45, 2.75) is 51.0 Å². The van der Waals surface area contributed by atoms with Gasteiger partial charge in [-0.3, -0.25) is 4.98 Å². The lowest BCUT2D eigenvalue weighted by molar-refractivity contribution is 0.0194. The van der Waals surface area contributed by atoms with Crippen LogP contribution in [-0.4, -0.2) is 10.1 Å². The molecule has 1 heterocycles. The van der Waals surface area contributed by atoms with E-state index in [1.807, 2.05) is 24.4 Å². The predicted octanol–water partition coefficient (Wildman–Crippen LogP) is 4.41. The molecule has 2 unspecified atom stereocenters. The van der Waals surface area contributed by atoms with Gasteiger partial charge in [-0.15, -0.1) is 0 Å². The second-order valence-corrected chi connectivity index (χ2v) is 6.15. The number of aromatic nitrogens is 1. The van der Waals surface area contributed by atoms with Crippen molar-refractivity contribution in [3.05, 3.63) is 42.1 Å². The van der Waals surface area contributed by atoms with Crippen molar-refractivity contribution in [1.82, 2.24) is 4.98 Å². The van der Waals surface area contributed by atoms with E-state index in [1.54, 1.807) is 0 Å². The molecule has 0 aliphatic heterocycles. The predicted molar refractivity (Wildman–Crippen MR) is 82.5 cm³/mol. The molecule has 1 aromatic carbocycles. The molecule has 2 nitrogen and oxygen atoms in total. The van der Waals surface area contributed by atoms with Gasteiger partial charge in [0.25, 0.3) is 0 Å². The summed E-state index contributed by atoms with van der Waals surface area (Å²) < 4.78 is 0. The van der Waals surface area contributed by atoms with E-state index >= 15 is 0 Å². The van der Waals surface area contributed by atoms with E-state index in [0.717, 1.165) is 48.1 Å². The zero-order chi connectivity index (χ0) is 14.0. The maximum Gasteiger partial charge on any atom is 0.0911 e. The number of fused-ring (bicyclic) bond motifs is 1. The van der Waals surface area contributed by atoms with E-state index in [0.29, 0.717) is 0 Å². The van der Waals surface area contributed by atoms with E-state index in [2.05, 4.69) is 24.0 Å². The average molecular weight is 269 g/mol. The molecule has 0 spiro atoms. The van der Waals surface area contributed by atoms with Crippen LogP contribution in [0.2, 0.25) is 0 Å². The molecule has 0 amide bonds. The van der Waals surface area contributed by atoms with E-state index in [1.165, 1.54) is 12.8 Å². The maximum atomic E-state index is 11.1. The first kappa shape index (κ1) is 13.6. The van der Waals surface area contributed by atoms with Crippen LogP contribution < -0.4 is 0 Å². The van der Waals surface area contributed by atoms with Crippen LogP contribution in [0.1, 0.15) is 51.0 Å². The first-order chi connectivity index (χ1) is 9.71. The summed E-state index contributed by atoms with van der Waals surface area (Å²) >= 11 is 0. The minimum Gasteiger partial charge on any atom is -0.385 e. The van der Waals surface area contributed by atoms with Gasteiger partial charge in [-0.05, 0) is 43.7 Å². The molecule has 0 bridgehead atoms. The Hall–Kier alpha value is -1.41. The van der Waals surface area contributed by atoms with Crippen LogP contribution in [0.25, 0.3) is 10.9 Å².